The number of hydrogen-bond donors (Lipinski definition) is 1. The molecule has 2 N–H and O–H groups in total. The Balaban J connectivity index is 0.00000288. The zero-order valence-electron chi connectivity index (χ0n) is 13.5. The molecule has 0 aliphatic heterocycles. The summed E-state index contributed by atoms with van der Waals surface area (Å²) >= 11 is 6.16. The Morgan fingerprint density at radius 1 is 1.12 bits per heavy atom. The smallest absolute Gasteiger partial charge is 0.244 e. The molecule has 0 bridgehead atoms. The van der Waals surface area contributed by atoms with Gasteiger partial charge in [0.2, 0.25) is 10.0 Å². The number of rotatable bonds is 7. The third-order valence-corrected chi connectivity index (χ3v) is 5.85. The summed E-state index contributed by atoms with van der Waals surface area (Å²) in [6, 6.07) is 14.5. The quantitative estimate of drug-likeness (QED) is 0.787. The zero-order valence-corrected chi connectivity index (χ0v) is 15.9. The number of nitrogens with two attached hydrogens (primary N) is 1. The number of sulfonamides is 1. The standard InChI is InChI=1S/C17H21ClN2O2S.ClH/c1-14-8-9-17(16(18)12-14)23(21,22)20(11-5-10-19)13-15-6-3-2-4-7-15;/h2-4,6-9,12H,5,10-11,13,19H2,1H3;1H. The van der Waals surface area contributed by atoms with E-state index in [-0.39, 0.29) is 22.3 Å². The molecule has 0 heterocycles. The Bertz CT molecular complexity index is 752. The van der Waals surface area contributed by atoms with Crippen LogP contribution in [-0.4, -0.2) is 25.8 Å². The lowest BCUT2D eigenvalue weighted by Crippen LogP contribution is -2.32. The van der Waals surface area contributed by atoms with Crippen LogP contribution in [-0.2, 0) is 16.6 Å². The highest BCUT2D eigenvalue weighted by Crippen LogP contribution is 2.26. The number of benzene rings is 2. The van der Waals surface area contributed by atoms with E-state index >= 15 is 0 Å². The monoisotopic (exact) mass is 388 g/mol. The highest BCUT2D eigenvalue weighted by molar-refractivity contribution is 7.89. The molecule has 0 aromatic heterocycles. The van der Waals surface area contributed by atoms with Crippen LogP contribution in [0.3, 0.4) is 0 Å². The maximum atomic E-state index is 13.0. The first kappa shape index (κ1) is 20.9. The molecule has 24 heavy (non-hydrogen) atoms. The maximum absolute atomic E-state index is 13.0. The third kappa shape index (κ3) is 5.19. The highest BCUT2D eigenvalue weighted by atomic mass is 35.5. The molecule has 0 saturated heterocycles. The van der Waals surface area contributed by atoms with Gasteiger partial charge in [-0.15, -0.1) is 12.4 Å². The van der Waals surface area contributed by atoms with Crippen LogP contribution >= 0.6 is 24.0 Å². The summed E-state index contributed by atoms with van der Waals surface area (Å²) in [7, 11) is -3.67. The van der Waals surface area contributed by atoms with Crippen molar-refractivity contribution in [1.29, 1.82) is 0 Å². The average molecular weight is 389 g/mol. The summed E-state index contributed by atoms with van der Waals surface area (Å²) in [5.74, 6) is 0. The maximum Gasteiger partial charge on any atom is 0.244 e. The average Bonchev–Trinajstić information content (AvgIpc) is 2.52. The van der Waals surface area contributed by atoms with Crippen LogP contribution < -0.4 is 5.73 Å². The van der Waals surface area contributed by atoms with Crippen molar-refractivity contribution in [2.75, 3.05) is 13.1 Å². The first-order valence-electron chi connectivity index (χ1n) is 7.45. The molecule has 0 aliphatic rings. The Morgan fingerprint density at radius 3 is 2.38 bits per heavy atom. The van der Waals surface area contributed by atoms with E-state index in [1.54, 1.807) is 18.2 Å². The number of aryl methyl sites for hydroxylation is 1. The topological polar surface area (TPSA) is 63.4 Å². The van der Waals surface area contributed by atoms with Crippen molar-refractivity contribution < 1.29 is 8.42 Å². The van der Waals surface area contributed by atoms with Crippen LogP contribution in [0.25, 0.3) is 0 Å². The van der Waals surface area contributed by atoms with Gasteiger partial charge in [-0.05, 0) is 43.1 Å². The molecule has 4 nitrogen and oxygen atoms in total. The lowest BCUT2D eigenvalue weighted by atomic mass is 10.2. The first-order chi connectivity index (χ1) is 10.9. The molecule has 132 valence electrons. The summed E-state index contributed by atoms with van der Waals surface area (Å²) in [6.45, 7) is 2.96. The molecule has 0 radical (unpaired) electrons. The van der Waals surface area contributed by atoms with Crippen LogP contribution in [0.4, 0.5) is 0 Å². The van der Waals surface area contributed by atoms with Gasteiger partial charge in [-0.2, -0.15) is 4.31 Å². The second-order valence-electron chi connectivity index (χ2n) is 5.40. The molecule has 0 fully saturated rings. The minimum absolute atomic E-state index is 0. The summed E-state index contributed by atoms with van der Waals surface area (Å²) < 4.78 is 27.4. The number of nitrogens with zero attached hydrogens (tertiary/aromatic N) is 1. The van der Waals surface area contributed by atoms with E-state index in [9.17, 15) is 8.42 Å². The van der Waals surface area contributed by atoms with Gasteiger partial charge >= 0.3 is 0 Å². The molecule has 7 heteroatoms. The molecule has 0 spiro atoms. The second-order valence-corrected chi connectivity index (χ2v) is 7.71. The summed E-state index contributed by atoms with van der Waals surface area (Å²) in [4.78, 5) is 0.137. The minimum atomic E-state index is -3.67. The van der Waals surface area contributed by atoms with Crippen molar-refractivity contribution >= 4 is 34.0 Å². The van der Waals surface area contributed by atoms with Crippen molar-refractivity contribution in [1.82, 2.24) is 4.31 Å². The van der Waals surface area contributed by atoms with E-state index in [0.29, 0.717) is 26.1 Å². The van der Waals surface area contributed by atoms with Crippen LogP contribution in [0, 0.1) is 6.92 Å². The van der Waals surface area contributed by atoms with Crippen LogP contribution in [0.1, 0.15) is 17.5 Å². The van der Waals surface area contributed by atoms with Crippen molar-refractivity contribution in [3.63, 3.8) is 0 Å². The number of halogens is 2. The summed E-state index contributed by atoms with van der Waals surface area (Å²) in [5, 5.41) is 0.246. The van der Waals surface area contributed by atoms with Gasteiger partial charge in [0.25, 0.3) is 0 Å². The lowest BCUT2D eigenvalue weighted by Gasteiger charge is -2.23. The Hall–Kier alpha value is -1.11. The van der Waals surface area contributed by atoms with Gasteiger partial charge in [0.15, 0.2) is 0 Å². The SMILES string of the molecule is Cc1ccc(S(=O)(=O)N(CCCN)Cc2ccccc2)c(Cl)c1.Cl. The Morgan fingerprint density at radius 2 is 1.79 bits per heavy atom. The molecular formula is C17H22Cl2N2O2S. The Kier molecular flexibility index (Phi) is 8.19. The van der Waals surface area contributed by atoms with E-state index in [1.165, 1.54) is 4.31 Å². The van der Waals surface area contributed by atoms with E-state index in [4.69, 9.17) is 17.3 Å². The third-order valence-electron chi connectivity index (χ3n) is 3.52. The fraction of sp³-hybridized carbons (Fsp3) is 0.294. The van der Waals surface area contributed by atoms with Crippen LogP contribution in [0.2, 0.25) is 5.02 Å². The molecular weight excluding hydrogens is 367 g/mol. The molecule has 0 aliphatic carbocycles. The first-order valence-corrected chi connectivity index (χ1v) is 9.27. The van der Waals surface area contributed by atoms with Gasteiger partial charge in [0, 0.05) is 13.1 Å². The fourth-order valence-corrected chi connectivity index (χ4v) is 4.33. The summed E-state index contributed by atoms with van der Waals surface area (Å²) in [6.07, 6.45) is 0.593. The molecule has 2 rings (SSSR count). The van der Waals surface area contributed by atoms with Crippen molar-refractivity contribution in [3.8, 4) is 0 Å². The molecule has 2 aromatic rings. The van der Waals surface area contributed by atoms with Gasteiger partial charge in [0.05, 0.1) is 5.02 Å². The molecule has 0 saturated carbocycles. The molecule has 0 amide bonds. The largest absolute Gasteiger partial charge is 0.330 e. The second kappa shape index (κ2) is 9.39. The van der Waals surface area contributed by atoms with Gasteiger partial charge in [-0.3, -0.25) is 0 Å². The van der Waals surface area contributed by atoms with Gasteiger partial charge in [0.1, 0.15) is 4.90 Å². The number of hydrogen-bond acceptors (Lipinski definition) is 3. The minimum Gasteiger partial charge on any atom is -0.330 e. The van der Waals surface area contributed by atoms with E-state index in [1.807, 2.05) is 37.3 Å². The van der Waals surface area contributed by atoms with Gasteiger partial charge in [-0.25, -0.2) is 8.42 Å². The van der Waals surface area contributed by atoms with E-state index in [0.717, 1.165) is 11.1 Å². The van der Waals surface area contributed by atoms with Crippen LogP contribution in [0.15, 0.2) is 53.4 Å². The summed E-state index contributed by atoms with van der Waals surface area (Å²) in [5.41, 5.74) is 7.40. The predicted octanol–water partition coefficient (Wildman–Crippen LogP) is 3.61. The highest BCUT2D eigenvalue weighted by Gasteiger charge is 2.26. The molecule has 2 aromatic carbocycles. The Labute approximate surface area is 155 Å². The molecule has 0 atom stereocenters. The van der Waals surface area contributed by atoms with Crippen molar-refractivity contribution in [2.45, 2.75) is 24.8 Å². The fourth-order valence-electron chi connectivity index (χ4n) is 2.29. The zero-order chi connectivity index (χ0) is 16.9. The van der Waals surface area contributed by atoms with Crippen molar-refractivity contribution in [2.24, 2.45) is 5.73 Å². The van der Waals surface area contributed by atoms with E-state index in [2.05, 4.69) is 0 Å². The van der Waals surface area contributed by atoms with Gasteiger partial charge < -0.3 is 5.73 Å². The van der Waals surface area contributed by atoms with Gasteiger partial charge in [-0.1, -0.05) is 48.0 Å². The predicted molar refractivity (Wildman–Crippen MR) is 101 cm³/mol. The van der Waals surface area contributed by atoms with Crippen molar-refractivity contribution in [3.05, 3.63) is 64.7 Å². The van der Waals surface area contributed by atoms with E-state index < -0.39 is 10.0 Å². The normalized spacial score (nSPS) is 11.3. The lowest BCUT2D eigenvalue weighted by molar-refractivity contribution is 0.402. The molecule has 0 unspecified atom stereocenters. The van der Waals surface area contributed by atoms with Crippen LogP contribution in [0.5, 0.6) is 0 Å².